The van der Waals surface area contributed by atoms with Gasteiger partial charge in [-0.05, 0) is 44.6 Å². The molecule has 0 aliphatic carbocycles. The van der Waals surface area contributed by atoms with Crippen LogP contribution in [0.4, 0.5) is 0 Å². The standard InChI is InChI=1S/C17H29N/c1-7-10-12-14(4)17(18-6)13-15(5)16(9-3)11-8-2/h7-8,10-13,15-16,18H,9H2,1-6H3/b10-7-,11-8-,14-12+,17-13-/t15-,16?/m0/s1. The van der Waals surface area contributed by atoms with E-state index in [-0.39, 0.29) is 0 Å². The number of likely N-dealkylation sites (N-methyl/N-ethyl adjacent to an activating group) is 1. The first-order valence-corrected chi connectivity index (χ1v) is 6.92. The fourth-order valence-electron chi connectivity index (χ4n) is 2.06. The van der Waals surface area contributed by atoms with E-state index in [9.17, 15) is 0 Å². The van der Waals surface area contributed by atoms with Crippen molar-refractivity contribution >= 4 is 0 Å². The van der Waals surface area contributed by atoms with Crippen LogP contribution in [0.5, 0.6) is 0 Å². The molecule has 0 rings (SSSR count). The summed E-state index contributed by atoms with van der Waals surface area (Å²) in [5.41, 5.74) is 2.50. The highest BCUT2D eigenvalue weighted by atomic mass is 14.8. The Morgan fingerprint density at radius 1 is 1.22 bits per heavy atom. The molecular formula is C17H29N. The lowest BCUT2D eigenvalue weighted by atomic mass is 9.89. The summed E-state index contributed by atoms with van der Waals surface area (Å²) < 4.78 is 0. The molecule has 0 radical (unpaired) electrons. The molecule has 0 aliphatic heterocycles. The van der Waals surface area contributed by atoms with E-state index in [1.807, 2.05) is 14.0 Å². The maximum Gasteiger partial charge on any atom is 0.0329 e. The Bertz CT molecular complexity index is 332. The lowest BCUT2D eigenvalue weighted by molar-refractivity contribution is 0.493. The van der Waals surface area contributed by atoms with Crippen molar-refractivity contribution in [2.24, 2.45) is 11.8 Å². The zero-order valence-electron chi connectivity index (χ0n) is 12.8. The summed E-state index contributed by atoms with van der Waals surface area (Å²) in [5.74, 6) is 1.16. The number of nitrogens with one attached hydrogen (secondary N) is 1. The minimum atomic E-state index is 0.544. The first-order valence-electron chi connectivity index (χ1n) is 6.92. The van der Waals surface area contributed by atoms with Crippen molar-refractivity contribution < 1.29 is 0 Å². The molecule has 1 unspecified atom stereocenters. The zero-order chi connectivity index (χ0) is 14.0. The summed E-state index contributed by atoms with van der Waals surface area (Å²) >= 11 is 0. The van der Waals surface area contributed by atoms with Gasteiger partial charge >= 0.3 is 0 Å². The van der Waals surface area contributed by atoms with Crippen molar-refractivity contribution in [1.29, 1.82) is 0 Å². The molecule has 0 saturated carbocycles. The Kier molecular flexibility index (Phi) is 9.08. The molecule has 1 nitrogen and oxygen atoms in total. The molecule has 0 aromatic carbocycles. The van der Waals surface area contributed by atoms with Gasteiger partial charge in [0.15, 0.2) is 0 Å². The second kappa shape index (κ2) is 9.76. The zero-order valence-corrected chi connectivity index (χ0v) is 12.8. The van der Waals surface area contributed by atoms with Crippen LogP contribution in [-0.4, -0.2) is 7.05 Å². The predicted molar refractivity (Wildman–Crippen MR) is 83.5 cm³/mol. The van der Waals surface area contributed by atoms with Gasteiger partial charge in [0.05, 0.1) is 0 Å². The third-order valence-corrected chi connectivity index (χ3v) is 3.25. The summed E-state index contributed by atoms with van der Waals surface area (Å²) in [5, 5.41) is 3.30. The van der Waals surface area contributed by atoms with Gasteiger partial charge in [-0.3, -0.25) is 0 Å². The minimum Gasteiger partial charge on any atom is -0.388 e. The van der Waals surface area contributed by atoms with Crippen molar-refractivity contribution in [3.05, 3.63) is 47.7 Å². The Morgan fingerprint density at radius 3 is 2.33 bits per heavy atom. The van der Waals surface area contributed by atoms with Gasteiger partial charge in [-0.2, -0.15) is 0 Å². The molecule has 0 amide bonds. The smallest absolute Gasteiger partial charge is 0.0329 e. The summed E-state index contributed by atoms with van der Waals surface area (Å²) in [7, 11) is 1.99. The quantitative estimate of drug-likeness (QED) is 0.501. The SMILES string of the molecule is C\C=C/C=C(C)/C(=C/[C@H](C)C(/C=C\C)CC)NC. The number of hydrogen-bond donors (Lipinski definition) is 1. The van der Waals surface area contributed by atoms with Gasteiger partial charge in [-0.1, -0.05) is 50.3 Å². The highest BCUT2D eigenvalue weighted by Crippen LogP contribution is 2.21. The first-order chi connectivity index (χ1) is 8.60. The number of allylic oxidation sites excluding steroid dienone is 7. The van der Waals surface area contributed by atoms with Crippen molar-refractivity contribution in [2.45, 2.75) is 41.0 Å². The van der Waals surface area contributed by atoms with Crippen LogP contribution in [0.15, 0.2) is 47.7 Å². The molecule has 0 aromatic heterocycles. The third kappa shape index (κ3) is 5.90. The molecule has 102 valence electrons. The monoisotopic (exact) mass is 247 g/mol. The molecule has 2 atom stereocenters. The average molecular weight is 247 g/mol. The van der Waals surface area contributed by atoms with E-state index in [1.54, 1.807) is 0 Å². The van der Waals surface area contributed by atoms with Crippen LogP contribution in [0.3, 0.4) is 0 Å². The molecule has 0 spiro atoms. The number of rotatable bonds is 7. The summed E-state index contributed by atoms with van der Waals surface area (Å²) in [6, 6.07) is 0. The molecule has 18 heavy (non-hydrogen) atoms. The highest BCUT2D eigenvalue weighted by molar-refractivity contribution is 5.31. The van der Waals surface area contributed by atoms with E-state index >= 15 is 0 Å². The summed E-state index contributed by atoms with van der Waals surface area (Å²) in [6.45, 7) is 10.8. The van der Waals surface area contributed by atoms with Crippen LogP contribution in [0.1, 0.15) is 41.0 Å². The topological polar surface area (TPSA) is 12.0 Å². The van der Waals surface area contributed by atoms with E-state index in [0.717, 1.165) is 0 Å². The highest BCUT2D eigenvalue weighted by Gasteiger charge is 2.11. The minimum absolute atomic E-state index is 0.544. The molecule has 0 fully saturated rings. The molecule has 1 N–H and O–H groups in total. The summed E-state index contributed by atoms with van der Waals surface area (Å²) in [6.07, 6.45) is 14.2. The molecule has 0 aliphatic rings. The third-order valence-electron chi connectivity index (χ3n) is 3.25. The Hall–Kier alpha value is -1.24. The van der Waals surface area contributed by atoms with Gasteiger partial charge in [-0.25, -0.2) is 0 Å². The molecular weight excluding hydrogens is 218 g/mol. The Labute approximate surface area is 113 Å². The fourth-order valence-corrected chi connectivity index (χ4v) is 2.06. The lowest BCUT2D eigenvalue weighted by Crippen LogP contribution is -2.12. The van der Waals surface area contributed by atoms with Crippen molar-refractivity contribution in [3.8, 4) is 0 Å². The van der Waals surface area contributed by atoms with E-state index in [2.05, 4.69) is 69.5 Å². The molecule has 1 heteroatoms. The van der Waals surface area contributed by atoms with Gasteiger partial charge in [0, 0.05) is 12.7 Å². The molecule has 0 saturated heterocycles. The summed E-state index contributed by atoms with van der Waals surface area (Å²) in [4.78, 5) is 0. The van der Waals surface area contributed by atoms with Gasteiger partial charge in [0.1, 0.15) is 0 Å². The van der Waals surface area contributed by atoms with Crippen LogP contribution in [0.25, 0.3) is 0 Å². The van der Waals surface area contributed by atoms with Gasteiger partial charge in [0.2, 0.25) is 0 Å². The van der Waals surface area contributed by atoms with Gasteiger partial charge in [-0.15, -0.1) is 0 Å². The second-order valence-electron chi connectivity index (χ2n) is 4.66. The largest absolute Gasteiger partial charge is 0.388 e. The van der Waals surface area contributed by atoms with E-state index in [1.165, 1.54) is 17.7 Å². The normalized spacial score (nSPS) is 17.4. The number of hydrogen-bond acceptors (Lipinski definition) is 1. The van der Waals surface area contributed by atoms with Crippen molar-refractivity contribution in [3.63, 3.8) is 0 Å². The van der Waals surface area contributed by atoms with Crippen molar-refractivity contribution in [2.75, 3.05) is 7.05 Å². The molecule has 0 aromatic rings. The van der Waals surface area contributed by atoms with Crippen LogP contribution >= 0.6 is 0 Å². The second-order valence-corrected chi connectivity index (χ2v) is 4.66. The van der Waals surface area contributed by atoms with Crippen LogP contribution in [-0.2, 0) is 0 Å². The molecule has 0 heterocycles. The van der Waals surface area contributed by atoms with Gasteiger partial charge in [0.25, 0.3) is 0 Å². The van der Waals surface area contributed by atoms with E-state index < -0.39 is 0 Å². The molecule has 0 bridgehead atoms. The van der Waals surface area contributed by atoms with E-state index in [4.69, 9.17) is 0 Å². The van der Waals surface area contributed by atoms with E-state index in [0.29, 0.717) is 11.8 Å². The van der Waals surface area contributed by atoms with Crippen LogP contribution in [0.2, 0.25) is 0 Å². The van der Waals surface area contributed by atoms with Crippen LogP contribution in [0, 0.1) is 11.8 Å². The Balaban J connectivity index is 4.98. The fraction of sp³-hybridized carbons (Fsp3) is 0.529. The Morgan fingerprint density at radius 2 is 1.89 bits per heavy atom. The lowest BCUT2D eigenvalue weighted by Gasteiger charge is -2.18. The average Bonchev–Trinajstić information content (AvgIpc) is 2.38. The van der Waals surface area contributed by atoms with Crippen LogP contribution < -0.4 is 5.32 Å². The predicted octanol–water partition coefficient (Wildman–Crippen LogP) is 4.85. The van der Waals surface area contributed by atoms with Crippen molar-refractivity contribution in [1.82, 2.24) is 5.32 Å². The first kappa shape index (κ1) is 16.8. The maximum atomic E-state index is 3.30. The van der Waals surface area contributed by atoms with Gasteiger partial charge < -0.3 is 5.32 Å². The maximum absolute atomic E-state index is 3.30.